The quantitative estimate of drug-likeness (QED) is 0.0391. The smallest absolute Gasteiger partial charge is 0.341 e. The van der Waals surface area contributed by atoms with Gasteiger partial charge in [0.05, 0.1) is 13.2 Å². The molecule has 2 rings (SSSR count). The van der Waals surface area contributed by atoms with Crippen LogP contribution in [0.1, 0.15) is 0 Å². The van der Waals surface area contributed by atoms with Crippen LogP contribution in [0, 0.1) is 0 Å². The van der Waals surface area contributed by atoms with Crippen molar-refractivity contribution in [2.24, 2.45) is 0 Å². The molecule has 2 saturated heterocycles. The van der Waals surface area contributed by atoms with Crippen molar-refractivity contribution < 1.29 is 151 Å². The van der Waals surface area contributed by atoms with Gasteiger partial charge in [-0.3, -0.25) is 36.4 Å². The second-order valence-electron chi connectivity index (χ2n) is 9.64. The molecule has 2 aliphatic heterocycles. The standard InChI is InChI=1S/C12H22O35S8.K/c13-48(14,15)37-1-4-6(43-51(22,23)24)8(45-53(28,29)30)9(46-54(31,32)33)11(40-4)42-12(3-39-50(19,20)21)10(47-55(34,35)36)7(44-52(25,26)27)5(41-12)2-38-49(16,17)18;/h4-11H,1-3H2,(H,13,14,15)(H,16,17,18)(H,19,20,21)(H,22,23,24)(H,25,26,27)(H,28,29,30)(H,31,32,33)(H,34,35,36);/t4-,5-,6-,7-,8+,9-,10+,11-,12+;/m1./s1. The maximum Gasteiger partial charge on any atom is 0.397 e. The Hall–Kier alpha value is 0.476. The second kappa shape index (κ2) is 19.3. The monoisotopic (exact) mass is 1020 g/mol. The van der Waals surface area contributed by atoms with E-state index in [1.165, 1.54) is 0 Å². The molecule has 0 aliphatic carbocycles. The molecule has 329 valence electrons. The van der Waals surface area contributed by atoms with Gasteiger partial charge in [-0.05, 0) is 0 Å². The fraction of sp³-hybridized carbons (Fsp3) is 1.00. The Bertz CT molecular complexity index is 2280. The van der Waals surface area contributed by atoms with E-state index in [9.17, 15) is 94.7 Å². The van der Waals surface area contributed by atoms with Gasteiger partial charge in [-0.15, -0.1) is 0 Å². The predicted octanol–water partition coefficient (Wildman–Crippen LogP) is -7.16. The summed E-state index contributed by atoms with van der Waals surface area (Å²) in [7, 11) is -48.3. The summed E-state index contributed by atoms with van der Waals surface area (Å²) in [5.74, 6) is -4.12. The average Bonchev–Trinajstić information content (AvgIpc) is 3.15. The van der Waals surface area contributed by atoms with Crippen molar-refractivity contribution in [3.63, 3.8) is 0 Å². The van der Waals surface area contributed by atoms with E-state index in [-0.39, 0.29) is 51.4 Å². The summed E-state index contributed by atoms with van der Waals surface area (Å²) in [6.07, 6.45) is -26.0. The van der Waals surface area contributed by atoms with Gasteiger partial charge >= 0.3 is 83.2 Å². The zero-order valence-corrected chi connectivity index (χ0v) is 35.8. The number of ether oxygens (including phenoxy) is 3. The van der Waals surface area contributed by atoms with Gasteiger partial charge in [-0.1, -0.05) is 0 Å². The predicted molar refractivity (Wildman–Crippen MR) is 158 cm³/mol. The summed E-state index contributed by atoms with van der Waals surface area (Å²) in [6, 6.07) is 0. The molecular weight excluding hydrogens is 1000 g/mol. The molecule has 2 heterocycles. The zero-order chi connectivity index (χ0) is 43.0. The molecule has 0 amide bonds. The molecule has 2 fully saturated rings. The van der Waals surface area contributed by atoms with Crippen LogP contribution in [0.3, 0.4) is 0 Å². The minimum absolute atomic E-state index is 0. The fourth-order valence-electron chi connectivity index (χ4n) is 4.24. The molecule has 0 aromatic carbocycles. The van der Waals surface area contributed by atoms with E-state index >= 15 is 0 Å². The van der Waals surface area contributed by atoms with Gasteiger partial charge in [-0.25, -0.2) is 33.5 Å². The molecule has 1 radical (unpaired) electrons. The Morgan fingerprint density at radius 1 is 0.429 bits per heavy atom. The Labute approximate surface area is 357 Å². The first kappa shape index (κ1) is 54.5. The molecule has 0 bridgehead atoms. The summed E-state index contributed by atoms with van der Waals surface area (Å²) in [5, 5.41) is 0. The minimum Gasteiger partial charge on any atom is -0.341 e. The number of hydrogen-bond donors (Lipinski definition) is 8. The van der Waals surface area contributed by atoms with Gasteiger partial charge in [0.25, 0.3) is 0 Å². The Kier molecular flexibility index (Phi) is 18.7. The molecule has 35 nitrogen and oxygen atoms in total. The third kappa shape index (κ3) is 19.9. The molecule has 0 aromatic heterocycles. The summed E-state index contributed by atoms with van der Waals surface area (Å²) >= 11 is 0. The van der Waals surface area contributed by atoms with Crippen LogP contribution in [0.2, 0.25) is 0 Å². The van der Waals surface area contributed by atoms with Gasteiger partial charge in [-0.2, -0.15) is 67.3 Å². The molecule has 0 spiro atoms. The second-order valence-corrected chi connectivity index (χ2v) is 18.2. The fourth-order valence-corrected chi connectivity index (χ4v) is 7.68. The Balaban J connectivity index is 0.0000157. The van der Waals surface area contributed by atoms with Gasteiger partial charge in [0, 0.05) is 51.4 Å². The third-order valence-electron chi connectivity index (χ3n) is 5.68. The van der Waals surface area contributed by atoms with Crippen LogP contribution in [0.4, 0.5) is 0 Å². The summed E-state index contributed by atoms with van der Waals surface area (Å²) < 4.78 is 307. The van der Waals surface area contributed by atoms with Crippen LogP contribution in [0.5, 0.6) is 0 Å². The number of hydrogen-bond acceptors (Lipinski definition) is 27. The molecule has 2 aliphatic rings. The van der Waals surface area contributed by atoms with Gasteiger partial charge in [0.2, 0.25) is 5.79 Å². The Morgan fingerprint density at radius 2 is 0.786 bits per heavy atom. The molecule has 0 unspecified atom stereocenters. The van der Waals surface area contributed by atoms with Crippen LogP contribution in [-0.2, 0) is 131 Å². The van der Waals surface area contributed by atoms with E-state index in [0.717, 1.165) is 0 Å². The molecular formula is C12H22KO35S8. The first-order chi connectivity index (χ1) is 24.2. The first-order valence-electron chi connectivity index (χ1n) is 12.3. The van der Waals surface area contributed by atoms with Crippen LogP contribution in [0.15, 0.2) is 0 Å². The molecule has 44 heteroatoms. The molecule has 9 atom stereocenters. The zero-order valence-electron chi connectivity index (χ0n) is 26.1. The topological polar surface area (TPSA) is 536 Å². The van der Waals surface area contributed by atoms with Crippen LogP contribution in [0.25, 0.3) is 0 Å². The van der Waals surface area contributed by atoms with Crippen molar-refractivity contribution in [1.29, 1.82) is 0 Å². The van der Waals surface area contributed by atoms with E-state index in [4.69, 9.17) is 23.3 Å². The van der Waals surface area contributed by atoms with Crippen molar-refractivity contribution in [2.45, 2.75) is 54.8 Å². The van der Waals surface area contributed by atoms with E-state index in [2.05, 4.69) is 33.5 Å². The summed E-state index contributed by atoms with van der Waals surface area (Å²) in [4.78, 5) is 0. The largest absolute Gasteiger partial charge is 0.397 e. The van der Waals surface area contributed by atoms with Crippen molar-refractivity contribution >= 4 is 135 Å². The van der Waals surface area contributed by atoms with Gasteiger partial charge in [0.15, 0.2) is 18.5 Å². The average molecular weight is 1020 g/mol. The van der Waals surface area contributed by atoms with Gasteiger partial charge < -0.3 is 14.2 Å². The molecule has 8 N–H and O–H groups in total. The van der Waals surface area contributed by atoms with E-state index in [1.807, 2.05) is 0 Å². The third-order valence-corrected chi connectivity index (χ3v) is 9.28. The maximum absolute atomic E-state index is 11.9. The van der Waals surface area contributed by atoms with Crippen molar-refractivity contribution in [3.8, 4) is 0 Å². The van der Waals surface area contributed by atoms with Crippen LogP contribution >= 0.6 is 0 Å². The van der Waals surface area contributed by atoms with E-state index in [1.54, 1.807) is 0 Å². The molecule has 56 heavy (non-hydrogen) atoms. The summed E-state index contributed by atoms with van der Waals surface area (Å²) in [5.41, 5.74) is 0. The number of rotatable bonds is 21. The normalized spacial score (nSPS) is 30.1. The van der Waals surface area contributed by atoms with Crippen molar-refractivity contribution in [1.82, 2.24) is 0 Å². The van der Waals surface area contributed by atoms with E-state index in [0.29, 0.717) is 0 Å². The first-order valence-corrected chi connectivity index (χ1v) is 23.2. The maximum atomic E-state index is 11.9. The van der Waals surface area contributed by atoms with Crippen molar-refractivity contribution in [2.75, 3.05) is 19.8 Å². The molecule has 0 aromatic rings. The van der Waals surface area contributed by atoms with Crippen LogP contribution in [-0.4, -0.2) is 230 Å². The Morgan fingerprint density at radius 3 is 1.18 bits per heavy atom. The minimum atomic E-state index is -6.24. The summed E-state index contributed by atoms with van der Waals surface area (Å²) in [6.45, 7) is -6.25. The van der Waals surface area contributed by atoms with Gasteiger partial charge in [0.1, 0.15) is 37.1 Å². The molecule has 0 saturated carbocycles. The SMILES string of the molecule is O=S(=O)(O)OC[C@H]1O[C@@](COS(=O)(=O)O)(O[C@H]2O[C@H](COS(=O)(=O)O)[C@@H](OS(=O)(=O)O)[C@H](OS(=O)(=O)O)[C@H]2OS(=O)(=O)O)[C@@H](OS(=O)(=O)O)[C@@H]1OS(=O)(=O)O.[K]. The van der Waals surface area contributed by atoms with Crippen molar-refractivity contribution in [3.05, 3.63) is 0 Å². The van der Waals surface area contributed by atoms with E-state index < -0.39 is 158 Å². The van der Waals surface area contributed by atoms with Crippen LogP contribution < -0.4 is 0 Å².